The zero-order chi connectivity index (χ0) is 73.2. The number of phosphoric acid groups is 2. The van der Waals surface area contributed by atoms with Crippen molar-refractivity contribution in [2.24, 2.45) is 0 Å². The zero-order valence-corrected chi connectivity index (χ0v) is 67.0. The van der Waals surface area contributed by atoms with Crippen molar-refractivity contribution in [1.82, 2.24) is 9.34 Å². The molecule has 9 N–H and O–H groups in total. The van der Waals surface area contributed by atoms with Crippen LogP contribution in [0.2, 0.25) is 0 Å². The molecule has 0 fully saturated rings. The van der Waals surface area contributed by atoms with Crippen LogP contribution < -0.4 is 0 Å². The molecule has 0 aromatic carbocycles. The SMILES string of the molecule is CC(=O)SCOP(=O)(OCSC(C)=O)C(C)(C)C.CC(C)(C)P(=O)(O)CP(=O)(O)O.CC(C)(C)P(=O)(O)O.CC(C)(C)P(=O)(O)OP(=O)(O)OP(=O)(O)O.COC(=O)C(C)(C)N(C)P(=O)(OC)C(C)(C)C.COC(=O)C(C)(C)N(C)P(=S)(OC)C(C)(C)C. The molecule has 0 aliphatic heterocycles. The van der Waals surface area contributed by atoms with Crippen molar-refractivity contribution in [3.05, 3.63) is 0 Å². The van der Waals surface area contributed by atoms with Crippen molar-refractivity contribution < 1.29 is 136 Å². The number of nitrogens with zero attached hydrogens (tertiary/aromatic N) is 2. The van der Waals surface area contributed by atoms with E-state index < -0.39 is 116 Å². The number of esters is 2. The fraction of sp³-hybridized carbons (Fsp3) is 0.911. The number of rotatable bonds is 20. The molecule has 0 aliphatic rings. The Labute approximate surface area is 535 Å². The first-order valence-corrected chi connectivity index (χ1v) is 43.2. The van der Waals surface area contributed by atoms with Gasteiger partial charge in [-0.3, -0.25) is 55.6 Å². The van der Waals surface area contributed by atoms with E-state index >= 15 is 0 Å². The summed E-state index contributed by atoms with van der Waals surface area (Å²) in [5.74, 6) is -1.73. The van der Waals surface area contributed by atoms with Gasteiger partial charge < -0.3 is 62.6 Å². The maximum Gasteiger partial charge on any atom is 0.488 e. The summed E-state index contributed by atoms with van der Waals surface area (Å²) in [6, 6.07) is 0. The maximum atomic E-state index is 12.9. The van der Waals surface area contributed by atoms with Crippen LogP contribution in [-0.2, 0) is 104 Å². The minimum absolute atomic E-state index is 0.0192. The first kappa shape index (κ1) is 99.8. The number of carbonyl (C=O) groups excluding carboxylic acids is 4. The molecule has 0 aromatic rings. The molecular weight excluding hydrogens is 1410 g/mol. The lowest BCUT2D eigenvalue weighted by molar-refractivity contribution is -0.150. The van der Waals surface area contributed by atoms with Crippen LogP contribution >= 0.6 is 90.9 Å². The third-order valence-corrected chi connectivity index (χ3v) is 37.3. The standard InChI is InChI=1S/C11H24NO4P.C11H24NO3PS.C10H19O5PS2.C5H14O5P2.C4H13O9P3.C4H11O3P/c1-10(2,3)17(14,16-8)12(6)11(4,5)9(13)15-7;1-10(2,3)16(17,15-8)12(6)11(4,5)9(13)14-7;1-8(11)17-6-14-16(13,10(3,4)5)15-7-18-9(2)12;1-5(2,3)11(6,7)4-12(8,9)10;1-4(2,3)14(5,6)12-16(10,11)13-15(7,8)9;1-4(2,3)8(5,6)7/h2*1-8H3;6-7H2,1-5H3;4H2,1-3H3,(H,6,7)(H2,8,9,10);1-3H3,(H,5,6)(H,10,11)(H2,7,8,9);1-3H3,(H2,5,6,7). The van der Waals surface area contributed by atoms with E-state index in [0.717, 1.165) is 23.5 Å². The lowest BCUT2D eigenvalue weighted by atomic mass is 10.1. The smallest absolute Gasteiger partial charge is 0.468 e. The highest BCUT2D eigenvalue weighted by Crippen LogP contribution is 2.70. The third-order valence-electron chi connectivity index (χ3n) is 11.3. The number of hydrogen-bond acceptors (Lipinski definition) is 23. The Kier molecular flexibility index (Phi) is 41.9. The lowest BCUT2D eigenvalue weighted by Gasteiger charge is -2.46. The Morgan fingerprint density at radius 2 is 0.773 bits per heavy atom. The Hall–Kier alpha value is 0.790. The lowest BCUT2D eigenvalue weighted by Crippen LogP contribution is -2.49. The summed E-state index contributed by atoms with van der Waals surface area (Å²) in [6.45, 7) is 39.1. The van der Waals surface area contributed by atoms with E-state index in [9.17, 15) is 65.5 Å². The molecule has 0 rings (SSSR count). The highest BCUT2D eigenvalue weighted by Gasteiger charge is 2.51. The number of likely N-dealkylation sites (N-methyl/N-ethyl adjacent to an activating group) is 2. The van der Waals surface area contributed by atoms with Crippen LogP contribution in [0.25, 0.3) is 0 Å². The summed E-state index contributed by atoms with van der Waals surface area (Å²) in [5.41, 5.74) is -1.80. The second-order valence-corrected chi connectivity index (χ2v) is 52.0. The van der Waals surface area contributed by atoms with Crippen LogP contribution in [0.5, 0.6) is 0 Å². The van der Waals surface area contributed by atoms with Gasteiger partial charge in [0.25, 0.3) is 7.52 Å². The van der Waals surface area contributed by atoms with Gasteiger partial charge in [0.15, 0.2) is 10.2 Å². The minimum Gasteiger partial charge on any atom is -0.468 e. The average molecular weight is 1510 g/mol. The van der Waals surface area contributed by atoms with Gasteiger partial charge in [0.2, 0.25) is 7.37 Å². The van der Waals surface area contributed by atoms with E-state index in [1.165, 1.54) is 102 Å². The van der Waals surface area contributed by atoms with Crippen LogP contribution in [0, 0.1) is 0 Å². The highest BCUT2D eigenvalue weighted by atomic mass is 32.4. The largest absolute Gasteiger partial charge is 0.488 e. The predicted molar refractivity (Wildman–Crippen MR) is 351 cm³/mol. The van der Waals surface area contributed by atoms with E-state index in [4.69, 9.17) is 73.6 Å². The van der Waals surface area contributed by atoms with E-state index in [1.807, 2.05) is 53.3 Å². The van der Waals surface area contributed by atoms with Gasteiger partial charge in [-0.1, -0.05) is 65.1 Å². The Morgan fingerprint density at radius 1 is 0.455 bits per heavy atom. The van der Waals surface area contributed by atoms with E-state index in [1.54, 1.807) is 62.6 Å². The number of ether oxygens (including phenoxy) is 2. The van der Waals surface area contributed by atoms with Crippen LogP contribution in [0.4, 0.5) is 0 Å². The van der Waals surface area contributed by atoms with Crippen molar-refractivity contribution in [3.63, 3.8) is 0 Å². The maximum absolute atomic E-state index is 12.9. The monoisotopic (exact) mass is 1510 g/mol. The molecular formula is C45H105N2O29P9S3. The molecule has 0 saturated carbocycles. The molecule has 0 bridgehead atoms. The summed E-state index contributed by atoms with van der Waals surface area (Å²) < 4.78 is 132. The predicted octanol–water partition coefficient (Wildman–Crippen LogP) is 12.0. The molecule has 88 heavy (non-hydrogen) atoms. The summed E-state index contributed by atoms with van der Waals surface area (Å²) >= 11 is 7.54. The van der Waals surface area contributed by atoms with E-state index in [0.29, 0.717) is 0 Å². The van der Waals surface area contributed by atoms with E-state index in [2.05, 4.69) is 8.62 Å². The number of thioether (sulfide) groups is 2. The number of methoxy groups -OCH3 is 2. The summed E-state index contributed by atoms with van der Waals surface area (Å²) in [5, 5.41) is -5.01. The second kappa shape index (κ2) is 36.9. The summed E-state index contributed by atoms with van der Waals surface area (Å²) in [7, 11) is -24.5. The van der Waals surface area contributed by atoms with Crippen LogP contribution in [0.1, 0.15) is 166 Å². The van der Waals surface area contributed by atoms with Gasteiger partial charge in [-0.05, 0) is 137 Å². The molecule has 5 unspecified atom stereocenters. The van der Waals surface area contributed by atoms with Crippen LogP contribution in [-0.4, -0.2) is 178 Å². The van der Waals surface area contributed by atoms with Gasteiger partial charge in [0.05, 0.1) is 34.8 Å². The van der Waals surface area contributed by atoms with E-state index in [-0.39, 0.29) is 33.2 Å². The Balaban J connectivity index is -0.000000232. The van der Waals surface area contributed by atoms with Crippen molar-refractivity contribution >= 4 is 125 Å². The average Bonchev–Trinajstić information content (AvgIpc) is 3.26. The molecule has 0 amide bonds. The fourth-order valence-electron chi connectivity index (χ4n) is 4.77. The molecule has 0 heterocycles. The van der Waals surface area contributed by atoms with Crippen molar-refractivity contribution in [3.8, 4) is 0 Å². The van der Waals surface area contributed by atoms with Gasteiger partial charge >= 0.3 is 58.0 Å². The molecule has 0 radical (unpaired) electrons. The van der Waals surface area contributed by atoms with Gasteiger partial charge in [-0.15, -0.1) is 0 Å². The normalized spacial score (nSPS) is 16.7. The molecule has 0 spiro atoms. The third kappa shape index (κ3) is 36.2. The molecule has 43 heteroatoms. The van der Waals surface area contributed by atoms with Crippen LogP contribution in [0.3, 0.4) is 0 Å². The molecule has 0 saturated heterocycles. The quantitative estimate of drug-likeness (QED) is 0.0310. The Bertz CT molecular complexity index is 2620. The fourth-order valence-corrected chi connectivity index (χ4v) is 20.2. The summed E-state index contributed by atoms with van der Waals surface area (Å²) in [4.78, 5) is 123. The van der Waals surface area contributed by atoms with Crippen molar-refractivity contribution in [1.29, 1.82) is 0 Å². The molecule has 5 atom stereocenters. The minimum atomic E-state index is -5.31. The first-order valence-electron chi connectivity index (χ1n) is 25.5. The molecule has 0 aromatic heterocycles. The molecule has 31 nitrogen and oxygen atoms in total. The van der Waals surface area contributed by atoms with Crippen molar-refractivity contribution in [2.45, 2.75) is 208 Å². The van der Waals surface area contributed by atoms with Crippen molar-refractivity contribution in [2.75, 3.05) is 60.3 Å². The Morgan fingerprint density at radius 3 is 0.955 bits per heavy atom. The van der Waals surface area contributed by atoms with Gasteiger partial charge in [-0.2, -0.15) is 4.31 Å². The van der Waals surface area contributed by atoms with Gasteiger partial charge in [0, 0.05) is 38.4 Å². The van der Waals surface area contributed by atoms with Gasteiger partial charge in [-0.25, -0.2) is 22.8 Å². The zero-order valence-electron chi connectivity index (χ0n) is 56.5. The first-order chi connectivity index (χ1) is 37.8. The van der Waals surface area contributed by atoms with Crippen LogP contribution in [0.15, 0.2) is 0 Å². The molecule has 532 valence electrons. The highest BCUT2D eigenvalue weighted by molar-refractivity contribution is 8.14. The number of hydrogen-bond donors (Lipinski definition) is 9. The van der Waals surface area contributed by atoms with Gasteiger partial charge in [0.1, 0.15) is 35.3 Å². The molecule has 0 aliphatic carbocycles. The summed E-state index contributed by atoms with van der Waals surface area (Å²) in [6.07, 6.45) is -2.30. The topological polar surface area (TPSA) is 467 Å². The second-order valence-electron chi connectivity index (χ2n) is 25.5. The number of carbonyl (C=O) groups is 4.